The number of fused-ring (bicyclic) bond motifs is 2. The molecular formula is C38H48ClN3O9. The Hall–Kier alpha value is -4.42. The fourth-order valence-electron chi connectivity index (χ4n) is 7.34. The first-order valence-corrected chi connectivity index (χ1v) is 17.9. The van der Waals surface area contributed by atoms with Gasteiger partial charge in [-0.2, -0.15) is 0 Å². The third-order valence-corrected chi connectivity index (χ3v) is 10.0. The zero-order valence-electron chi connectivity index (χ0n) is 29.8. The van der Waals surface area contributed by atoms with Gasteiger partial charge in [-0.1, -0.05) is 37.8 Å². The number of nitrogens with zero attached hydrogens (tertiary/aromatic N) is 2. The smallest absolute Gasteiger partial charge is 0.326 e. The van der Waals surface area contributed by atoms with E-state index in [1.165, 1.54) is 4.57 Å². The number of carbonyl (C=O) groups is 5. The summed E-state index contributed by atoms with van der Waals surface area (Å²) in [7, 11) is 1.54. The molecule has 3 aromatic rings. The molecule has 0 spiro atoms. The van der Waals surface area contributed by atoms with Crippen molar-refractivity contribution in [2.45, 2.75) is 103 Å². The van der Waals surface area contributed by atoms with Gasteiger partial charge < -0.3 is 24.6 Å². The fourth-order valence-corrected chi connectivity index (χ4v) is 7.47. The Balaban J connectivity index is 0.000000229. The molecule has 2 aromatic carbocycles. The molecule has 5 atom stereocenters. The summed E-state index contributed by atoms with van der Waals surface area (Å²) in [6.07, 6.45) is 5.70. The van der Waals surface area contributed by atoms with Crippen LogP contribution in [0.2, 0.25) is 5.02 Å². The van der Waals surface area contributed by atoms with E-state index in [1.807, 2.05) is 6.92 Å². The predicted octanol–water partition coefficient (Wildman–Crippen LogP) is 5.87. The average Bonchev–Trinajstić information content (AvgIpc) is 3.63. The van der Waals surface area contributed by atoms with Gasteiger partial charge >= 0.3 is 17.9 Å². The molecule has 1 aliphatic carbocycles. The molecule has 12 nitrogen and oxygen atoms in total. The van der Waals surface area contributed by atoms with Gasteiger partial charge in [0, 0.05) is 27.7 Å². The molecule has 1 aromatic heterocycles. The number of rotatable bonds is 12. The lowest BCUT2D eigenvalue weighted by Crippen LogP contribution is -2.55. The average molecular weight is 726 g/mol. The molecule has 3 N–H and O–H groups in total. The van der Waals surface area contributed by atoms with Crippen molar-refractivity contribution in [1.82, 2.24) is 14.8 Å². The Morgan fingerprint density at radius 1 is 1.02 bits per heavy atom. The van der Waals surface area contributed by atoms with Gasteiger partial charge in [0.15, 0.2) is 0 Å². The van der Waals surface area contributed by atoms with Crippen molar-refractivity contribution in [2.24, 2.45) is 5.92 Å². The number of likely N-dealkylation sites (tertiary alicyclic amines) is 1. The molecular weight excluding hydrogens is 678 g/mol. The zero-order chi connectivity index (χ0) is 37.4. The van der Waals surface area contributed by atoms with Gasteiger partial charge in [0.25, 0.3) is 5.91 Å². The summed E-state index contributed by atoms with van der Waals surface area (Å²) < 4.78 is 11.9. The first-order chi connectivity index (χ1) is 24.3. The van der Waals surface area contributed by atoms with Gasteiger partial charge in [0.05, 0.1) is 31.7 Å². The van der Waals surface area contributed by atoms with E-state index >= 15 is 0 Å². The molecule has 2 aliphatic rings. The summed E-state index contributed by atoms with van der Waals surface area (Å²) in [6.45, 7) is 7.46. The van der Waals surface area contributed by atoms with Crippen molar-refractivity contribution < 1.29 is 43.7 Å². The van der Waals surface area contributed by atoms with Gasteiger partial charge in [0.1, 0.15) is 17.8 Å². The van der Waals surface area contributed by atoms with Crippen molar-refractivity contribution in [3.8, 4) is 5.75 Å². The number of nitrogens with one attached hydrogen (secondary N) is 1. The number of esters is 1. The van der Waals surface area contributed by atoms with Crippen molar-refractivity contribution >= 4 is 52.2 Å². The molecule has 0 bridgehead atoms. The maximum Gasteiger partial charge on any atom is 0.326 e. The Labute approximate surface area is 303 Å². The largest absolute Gasteiger partial charge is 0.497 e. The third-order valence-electron chi connectivity index (χ3n) is 9.76. The monoisotopic (exact) mass is 725 g/mol. The van der Waals surface area contributed by atoms with Crippen LogP contribution in [-0.4, -0.2) is 87.3 Å². The van der Waals surface area contributed by atoms with Gasteiger partial charge in [-0.05, 0) is 100 Å². The Morgan fingerprint density at radius 2 is 1.71 bits per heavy atom. The van der Waals surface area contributed by atoms with E-state index in [1.54, 1.807) is 75.2 Å². The Bertz CT molecular complexity index is 1740. The summed E-state index contributed by atoms with van der Waals surface area (Å²) in [5.74, 6) is -1.83. The second-order valence-electron chi connectivity index (χ2n) is 13.1. The second kappa shape index (κ2) is 17.7. The zero-order valence-corrected chi connectivity index (χ0v) is 30.6. The lowest BCUT2D eigenvalue weighted by Gasteiger charge is -2.35. The number of carboxylic acids is 2. The van der Waals surface area contributed by atoms with E-state index < -0.39 is 30.1 Å². The molecule has 2 fully saturated rings. The minimum Gasteiger partial charge on any atom is -0.497 e. The number of hydrogen-bond acceptors (Lipinski definition) is 8. The molecule has 1 aliphatic heterocycles. The highest BCUT2D eigenvalue weighted by Crippen LogP contribution is 2.40. The van der Waals surface area contributed by atoms with E-state index in [2.05, 4.69) is 5.32 Å². The van der Waals surface area contributed by atoms with Gasteiger partial charge in [-0.25, -0.2) is 4.79 Å². The molecule has 2 heterocycles. The summed E-state index contributed by atoms with van der Waals surface area (Å²) in [4.78, 5) is 62.7. The topological polar surface area (TPSA) is 164 Å². The molecule has 51 heavy (non-hydrogen) atoms. The summed E-state index contributed by atoms with van der Waals surface area (Å²) in [6, 6.07) is 9.94. The van der Waals surface area contributed by atoms with Crippen molar-refractivity contribution in [3.63, 3.8) is 0 Å². The van der Waals surface area contributed by atoms with Crippen molar-refractivity contribution in [1.29, 1.82) is 0 Å². The summed E-state index contributed by atoms with van der Waals surface area (Å²) >= 11 is 5.89. The van der Waals surface area contributed by atoms with Crippen LogP contribution in [0.5, 0.6) is 5.75 Å². The number of aromatic nitrogens is 1. The van der Waals surface area contributed by atoms with Crippen LogP contribution < -0.4 is 10.1 Å². The van der Waals surface area contributed by atoms with E-state index in [4.69, 9.17) is 21.1 Å². The second-order valence-corrected chi connectivity index (χ2v) is 13.5. The van der Waals surface area contributed by atoms with E-state index in [0.717, 1.165) is 32.1 Å². The van der Waals surface area contributed by atoms with E-state index in [9.17, 15) is 34.2 Å². The van der Waals surface area contributed by atoms with Gasteiger partial charge in [-0.15, -0.1) is 0 Å². The van der Waals surface area contributed by atoms with Crippen LogP contribution in [-0.2, 0) is 30.3 Å². The van der Waals surface area contributed by atoms with Crippen LogP contribution in [0.4, 0.5) is 0 Å². The number of aliphatic carboxylic acids is 2. The molecule has 1 saturated carbocycles. The highest BCUT2D eigenvalue weighted by atomic mass is 35.5. The maximum atomic E-state index is 13.1. The molecule has 13 heteroatoms. The molecule has 5 rings (SSSR count). The van der Waals surface area contributed by atoms with Gasteiger partial charge in [-0.3, -0.25) is 29.1 Å². The van der Waals surface area contributed by atoms with Gasteiger partial charge in [0.2, 0.25) is 5.91 Å². The standard InChI is InChI=1S/C19H16ClNO4.C19H32N2O5/c1-11-15(10-18(22)23)16-9-14(25-2)7-8-17(16)21(11)19(24)12-3-5-13(20)6-4-12;1-4-8-14(19(25)26-5-2)20-12(3)17(22)21-15-10-7-6-9-13(15)11-16(21)18(23)24/h3-9H,10H2,1-2H3,(H,22,23);12-16,20H,4-11H2,1-3H3,(H,23,24)/t;12-,13-,14-,15-,16-/m.0/s1. The highest BCUT2D eigenvalue weighted by Gasteiger charge is 2.48. The van der Waals surface area contributed by atoms with Crippen molar-refractivity contribution in [2.75, 3.05) is 13.7 Å². The lowest BCUT2D eigenvalue weighted by atomic mass is 9.84. The number of halogens is 1. The number of methoxy groups -OCH3 is 1. The van der Waals surface area contributed by atoms with Crippen molar-refractivity contribution in [3.05, 3.63) is 64.3 Å². The molecule has 276 valence electrons. The molecule has 1 saturated heterocycles. The number of amides is 1. The number of ether oxygens (including phenoxy) is 2. The minimum absolute atomic E-state index is 0.00817. The summed E-state index contributed by atoms with van der Waals surface area (Å²) in [5, 5.41) is 23.1. The van der Waals surface area contributed by atoms with E-state index in [0.29, 0.717) is 57.9 Å². The molecule has 0 unspecified atom stereocenters. The predicted molar refractivity (Wildman–Crippen MR) is 192 cm³/mol. The first-order valence-electron chi connectivity index (χ1n) is 17.5. The van der Waals surface area contributed by atoms with Crippen LogP contribution in [0.15, 0.2) is 42.5 Å². The molecule has 0 radical (unpaired) electrons. The van der Waals surface area contributed by atoms with Crippen LogP contribution in [0.3, 0.4) is 0 Å². The maximum absolute atomic E-state index is 13.1. The van der Waals surface area contributed by atoms with Crippen LogP contribution in [0, 0.1) is 12.8 Å². The SMILES string of the molecule is CCC[C@H](N[C@@H](C)C(=O)N1[C@H](C(=O)O)C[C@@H]2CCCC[C@@H]21)C(=O)OCC.COc1ccc2c(c1)c(CC(=O)O)c(C)n2C(=O)c1ccc(Cl)cc1. The van der Waals surface area contributed by atoms with Crippen LogP contribution in [0.1, 0.15) is 87.3 Å². The third kappa shape index (κ3) is 9.09. The fraction of sp³-hybridized carbons (Fsp3) is 0.500. The Kier molecular flexibility index (Phi) is 13.6. The number of hydrogen-bond donors (Lipinski definition) is 3. The quantitative estimate of drug-likeness (QED) is 0.193. The first kappa shape index (κ1) is 39.4. The highest BCUT2D eigenvalue weighted by molar-refractivity contribution is 6.30. The summed E-state index contributed by atoms with van der Waals surface area (Å²) in [5.41, 5.74) is 2.32. The van der Waals surface area contributed by atoms with Crippen LogP contribution >= 0.6 is 11.6 Å². The van der Waals surface area contributed by atoms with Crippen LogP contribution in [0.25, 0.3) is 10.9 Å². The van der Waals surface area contributed by atoms with E-state index in [-0.39, 0.29) is 36.2 Å². The lowest BCUT2D eigenvalue weighted by molar-refractivity contribution is -0.152. The normalized spacial score (nSPS) is 19.3. The Morgan fingerprint density at radius 3 is 2.31 bits per heavy atom. The minimum atomic E-state index is -0.955. The molecule has 1 amide bonds. The number of benzene rings is 2. The number of carboxylic acid groups (broad SMARTS) is 2. The number of carbonyl (C=O) groups excluding carboxylic acids is 3.